The molecule has 0 aliphatic carbocycles. The van der Waals surface area contributed by atoms with Crippen LogP contribution in [0.15, 0.2) is 18.2 Å². The molecule has 0 saturated heterocycles. The predicted molar refractivity (Wildman–Crippen MR) is 90.9 cm³/mol. The predicted octanol–water partition coefficient (Wildman–Crippen LogP) is 3.34. The smallest absolute Gasteiger partial charge is 0.224 e. The molecule has 0 aromatic carbocycles. The van der Waals surface area contributed by atoms with E-state index in [4.69, 9.17) is 0 Å². The van der Waals surface area contributed by atoms with Gasteiger partial charge in [0.15, 0.2) is 10.8 Å². The van der Waals surface area contributed by atoms with Gasteiger partial charge in [0.2, 0.25) is 5.95 Å². The molecule has 4 aromatic rings. The number of hydrogen-bond donors (Lipinski definition) is 0. The van der Waals surface area contributed by atoms with Crippen molar-refractivity contribution >= 4 is 21.7 Å². The Morgan fingerprint density at radius 3 is 2.42 bits per heavy atom. The number of hydrogen-bond acceptors (Lipinski definition) is 5. The van der Waals surface area contributed by atoms with Crippen LogP contribution in [0.1, 0.15) is 17.1 Å². The SMILES string of the molecule is Cc1nnn(C)c1-c1cc2sc(-n3c(C)ccc3C)nc2nc1F. The Balaban J connectivity index is 1.93. The molecular weight excluding hydrogens is 327 g/mol. The Morgan fingerprint density at radius 2 is 1.79 bits per heavy atom. The molecule has 0 unspecified atom stereocenters. The molecule has 4 rings (SSSR count). The number of fused-ring (bicyclic) bond motifs is 1. The summed E-state index contributed by atoms with van der Waals surface area (Å²) in [7, 11) is 1.74. The molecule has 0 saturated carbocycles. The van der Waals surface area contributed by atoms with Crippen molar-refractivity contribution in [2.24, 2.45) is 7.05 Å². The fourth-order valence-corrected chi connectivity index (χ4v) is 3.96. The second kappa shape index (κ2) is 5.20. The summed E-state index contributed by atoms with van der Waals surface area (Å²) >= 11 is 1.49. The van der Waals surface area contributed by atoms with Gasteiger partial charge in [-0.3, -0.25) is 4.57 Å². The summed E-state index contributed by atoms with van der Waals surface area (Å²) in [5, 5.41) is 8.71. The van der Waals surface area contributed by atoms with Crippen molar-refractivity contribution < 1.29 is 4.39 Å². The van der Waals surface area contributed by atoms with Gasteiger partial charge in [0, 0.05) is 18.4 Å². The minimum absolute atomic E-state index is 0.392. The summed E-state index contributed by atoms with van der Waals surface area (Å²) in [6, 6.07) is 5.84. The summed E-state index contributed by atoms with van der Waals surface area (Å²) in [5.74, 6) is -0.561. The quantitative estimate of drug-likeness (QED) is 0.524. The van der Waals surface area contributed by atoms with Crippen molar-refractivity contribution in [1.82, 2.24) is 29.5 Å². The monoisotopic (exact) mass is 342 g/mol. The van der Waals surface area contributed by atoms with E-state index in [0.717, 1.165) is 21.2 Å². The molecule has 0 amide bonds. The molecule has 0 radical (unpaired) electrons. The molecule has 0 bridgehead atoms. The molecule has 4 heterocycles. The Labute approximate surface area is 141 Å². The normalized spacial score (nSPS) is 11.5. The summed E-state index contributed by atoms with van der Waals surface area (Å²) < 4.78 is 19.0. The molecule has 0 spiro atoms. The molecule has 0 N–H and O–H groups in total. The van der Waals surface area contributed by atoms with Gasteiger partial charge in [0.1, 0.15) is 0 Å². The molecule has 0 aliphatic heterocycles. The van der Waals surface area contributed by atoms with Gasteiger partial charge in [-0.1, -0.05) is 16.6 Å². The number of rotatable bonds is 2. The van der Waals surface area contributed by atoms with Gasteiger partial charge in [-0.25, -0.2) is 4.68 Å². The lowest BCUT2D eigenvalue weighted by atomic mass is 10.1. The van der Waals surface area contributed by atoms with Crippen LogP contribution < -0.4 is 0 Å². The minimum atomic E-state index is -0.561. The van der Waals surface area contributed by atoms with E-state index in [2.05, 4.69) is 20.3 Å². The summed E-state index contributed by atoms with van der Waals surface area (Å²) in [6.07, 6.45) is 0. The largest absolute Gasteiger partial charge is 0.295 e. The zero-order chi connectivity index (χ0) is 17.0. The van der Waals surface area contributed by atoms with Crippen LogP contribution in [0.2, 0.25) is 0 Å². The van der Waals surface area contributed by atoms with Crippen molar-refractivity contribution in [2.45, 2.75) is 20.8 Å². The first-order valence-electron chi connectivity index (χ1n) is 7.44. The summed E-state index contributed by atoms with van der Waals surface area (Å²) in [5.41, 5.74) is 4.27. The summed E-state index contributed by atoms with van der Waals surface area (Å²) in [6.45, 7) is 5.84. The maximum Gasteiger partial charge on any atom is 0.224 e. The highest BCUT2D eigenvalue weighted by Gasteiger charge is 2.19. The standard InChI is InChI=1S/C16H15FN6S/c1-8-5-6-9(2)23(8)16-19-15-12(24-16)7-11(14(17)18-15)13-10(3)20-21-22(13)4/h5-7H,1-4H3. The van der Waals surface area contributed by atoms with Gasteiger partial charge < -0.3 is 0 Å². The van der Waals surface area contributed by atoms with Crippen molar-refractivity contribution in [3.8, 4) is 16.4 Å². The van der Waals surface area contributed by atoms with Crippen molar-refractivity contribution in [3.63, 3.8) is 0 Å². The molecule has 6 nitrogen and oxygen atoms in total. The molecule has 0 atom stereocenters. The van der Waals surface area contributed by atoms with Crippen LogP contribution in [0.4, 0.5) is 4.39 Å². The number of thiazole rings is 1. The fraction of sp³-hybridized carbons (Fsp3) is 0.250. The van der Waals surface area contributed by atoms with E-state index in [1.807, 2.05) is 30.5 Å². The number of pyridine rings is 1. The van der Waals surface area contributed by atoms with Crippen LogP contribution in [0, 0.1) is 26.7 Å². The van der Waals surface area contributed by atoms with Gasteiger partial charge >= 0.3 is 0 Å². The number of aromatic nitrogens is 6. The second-order valence-electron chi connectivity index (χ2n) is 5.74. The molecule has 122 valence electrons. The average molecular weight is 342 g/mol. The van der Waals surface area contributed by atoms with E-state index in [0.29, 0.717) is 22.6 Å². The Bertz CT molecular complexity index is 1040. The maximum atomic E-state index is 14.5. The average Bonchev–Trinajstić information content (AvgIpc) is 3.17. The van der Waals surface area contributed by atoms with Crippen molar-refractivity contribution in [2.75, 3.05) is 0 Å². The van der Waals surface area contributed by atoms with E-state index in [1.54, 1.807) is 24.7 Å². The van der Waals surface area contributed by atoms with Crippen LogP contribution in [-0.2, 0) is 7.05 Å². The Morgan fingerprint density at radius 1 is 1.08 bits per heavy atom. The molecule has 0 fully saturated rings. The lowest BCUT2D eigenvalue weighted by Crippen LogP contribution is -1.99. The first kappa shape index (κ1) is 14.9. The van der Waals surface area contributed by atoms with Crippen LogP contribution in [0.5, 0.6) is 0 Å². The lowest BCUT2D eigenvalue weighted by molar-refractivity contribution is 0.589. The highest BCUT2D eigenvalue weighted by atomic mass is 32.1. The van der Waals surface area contributed by atoms with Crippen LogP contribution >= 0.6 is 11.3 Å². The van der Waals surface area contributed by atoms with Crippen LogP contribution in [0.25, 0.3) is 26.7 Å². The zero-order valence-corrected chi connectivity index (χ0v) is 14.5. The highest BCUT2D eigenvalue weighted by Crippen LogP contribution is 2.31. The minimum Gasteiger partial charge on any atom is -0.295 e. The van der Waals surface area contributed by atoms with Gasteiger partial charge in [-0.2, -0.15) is 14.4 Å². The number of aryl methyl sites for hydroxylation is 4. The van der Waals surface area contributed by atoms with E-state index in [1.165, 1.54) is 11.3 Å². The molecule has 0 aliphatic rings. The highest BCUT2D eigenvalue weighted by molar-refractivity contribution is 7.20. The van der Waals surface area contributed by atoms with Gasteiger partial charge in [-0.15, -0.1) is 5.10 Å². The third-order valence-corrected chi connectivity index (χ3v) is 5.01. The summed E-state index contributed by atoms with van der Waals surface area (Å²) in [4.78, 5) is 8.55. The number of nitrogens with zero attached hydrogens (tertiary/aromatic N) is 6. The fourth-order valence-electron chi connectivity index (χ4n) is 2.89. The second-order valence-corrected chi connectivity index (χ2v) is 6.75. The van der Waals surface area contributed by atoms with Gasteiger partial charge in [-0.05, 0) is 39.0 Å². The van der Waals surface area contributed by atoms with E-state index < -0.39 is 5.95 Å². The molecule has 24 heavy (non-hydrogen) atoms. The molecule has 8 heteroatoms. The lowest BCUT2D eigenvalue weighted by Gasteiger charge is -2.03. The van der Waals surface area contributed by atoms with Crippen LogP contribution in [-0.4, -0.2) is 29.5 Å². The van der Waals surface area contributed by atoms with E-state index in [-0.39, 0.29) is 0 Å². The number of halogens is 1. The van der Waals surface area contributed by atoms with Gasteiger partial charge in [0.25, 0.3) is 0 Å². The Kier molecular flexibility index (Phi) is 3.24. The molecule has 4 aromatic heterocycles. The first-order chi connectivity index (χ1) is 11.5. The van der Waals surface area contributed by atoms with Crippen molar-refractivity contribution in [1.29, 1.82) is 0 Å². The topological polar surface area (TPSA) is 61.4 Å². The van der Waals surface area contributed by atoms with Crippen molar-refractivity contribution in [3.05, 3.63) is 41.2 Å². The van der Waals surface area contributed by atoms with Gasteiger partial charge in [0.05, 0.1) is 21.7 Å². The van der Waals surface area contributed by atoms with E-state index in [9.17, 15) is 4.39 Å². The zero-order valence-electron chi connectivity index (χ0n) is 13.7. The maximum absolute atomic E-state index is 14.5. The Hall–Kier alpha value is -2.61. The third kappa shape index (κ3) is 2.14. The first-order valence-corrected chi connectivity index (χ1v) is 8.26. The molecular formula is C16H15FN6S. The third-order valence-electron chi connectivity index (χ3n) is 4.04. The van der Waals surface area contributed by atoms with E-state index >= 15 is 0 Å². The van der Waals surface area contributed by atoms with Crippen LogP contribution in [0.3, 0.4) is 0 Å².